The SMILES string of the molecule is CCCS(=O)CCc1cc2c(NC)c(C(=O)NC3CC3)cnc2cc1F. The molecule has 5 nitrogen and oxygen atoms in total. The summed E-state index contributed by atoms with van der Waals surface area (Å²) in [6.45, 7) is 1.98. The summed E-state index contributed by atoms with van der Waals surface area (Å²) in [6.07, 6.45) is 4.75. The third-order valence-electron chi connectivity index (χ3n) is 4.47. The number of rotatable bonds is 8. The van der Waals surface area contributed by atoms with Gasteiger partial charge >= 0.3 is 0 Å². The van der Waals surface area contributed by atoms with Crippen LogP contribution in [0.5, 0.6) is 0 Å². The van der Waals surface area contributed by atoms with Crippen molar-refractivity contribution in [3.63, 3.8) is 0 Å². The van der Waals surface area contributed by atoms with Crippen molar-refractivity contribution >= 4 is 33.3 Å². The Bertz CT molecular complexity index is 852. The van der Waals surface area contributed by atoms with Gasteiger partial charge in [-0.15, -0.1) is 0 Å². The van der Waals surface area contributed by atoms with Crippen molar-refractivity contribution in [1.82, 2.24) is 10.3 Å². The summed E-state index contributed by atoms with van der Waals surface area (Å²) in [6, 6.07) is 3.36. The molecule has 1 atom stereocenters. The van der Waals surface area contributed by atoms with E-state index in [-0.39, 0.29) is 17.8 Å². The normalized spacial score (nSPS) is 15.0. The lowest BCUT2D eigenvalue weighted by Crippen LogP contribution is -2.26. The number of halogens is 1. The maximum atomic E-state index is 14.4. The van der Waals surface area contributed by atoms with Gasteiger partial charge in [-0.3, -0.25) is 14.0 Å². The highest BCUT2D eigenvalue weighted by molar-refractivity contribution is 7.84. The third kappa shape index (κ3) is 4.20. The van der Waals surface area contributed by atoms with Crippen LogP contribution < -0.4 is 10.6 Å². The standard InChI is InChI=1S/C19H24FN3O2S/c1-3-7-26(25)8-6-12-9-14-17(10-16(12)20)22-11-15(18(14)21-2)19(24)23-13-4-5-13/h9-11,13H,3-8H2,1-2H3,(H,21,22)(H,23,24). The van der Waals surface area contributed by atoms with Gasteiger partial charge in [-0.1, -0.05) is 6.92 Å². The molecule has 1 saturated carbocycles. The van der Waals surface area contributed by atoms with E-state index in [0.717, 1.165) is 19.3 Å². The number of carbonyl (C=O) groups is 1. The van der Waals surface area contributed by atoms with Crippen molar-refractivity contribution < 1.29 is 13.4 Å². The summed E-state index contributed by atoms with van der Waals surface area (Å²) in [7, 11) is 0.795. The van der Waals surface area contributed by atoms with Crippen LogP contribution in [-0.4, -0.2) is 39.7 Å². The summed E-state index contributed by atoms with van der Waals surface area (Å²) >= 11 is 0. The van der Waals surface area contributed by atoms with E-state index in [0.29, 0.717) is 45.6 Å². The van der Waals surface area contributed by atoms with Crippen LogP contribution in [0, 0.1) is 5.82 Å². The van der Waals surface area contributed by atoms with Crippen molar-refractivity contribution in [2.45, 2.75) is 38.6 Å². The van der Waals surface area contributed by atoms with E-state index >= 15 is 0 Å². The molecule has 1 fully saturated rings. The molecule has 1 unspecified atom stereocenters. The number of aromatic nitrogens is 1. The molecule has 2 aromatic rings. The Morgan fingerprint density at radius 1 is 1.35 bits per heavy atom. The van der Waals surface area contributed by atoms with Gasteiger partial charge in [-0.05, 0) is 37.3 Å². The average Bonchev–Trinajstić information content (AvgIpc) is 3.43. The number of nitrogens with zero attached hydrogens (tertiary/aromatic N) is 1. The Morgan fingerprint density at radius 2 is 2.12 bits per heavy atom. The molecule has 0 aliphatic heterocycles. The third-order valence-corrected chi connectivity index (χ3v) is 6.00. The Labute approximate surface area is 155 Å². The first kappa shape index (κ1) is 18.8. The van der Waals surface area contributed by atoms with Crippen molar-refractivity contribution in [3.8, 4) is 0 Å². The topological polar surface area (TPSA) is 71.1 Å². The molecule has 7 heteroatoms. The van der Waals surface area contributed by atoms with Gasteiger partial charge in [0.2, 0.25) is 0 Å². The second-order valence-electron chi connectivity index (χ2n) is 6.60. The first-order chi connectivity index (χ1) is 12.5. The zero-order chi connectivity index (χ0) is 18.7. The first-order valence-corrected chi connectivity index (χ1v) is 10.5. The highest BCUT2D eigenvalue weighted by Crippen LogP contribution is 2.29. The highest BCUT2D eigenvalue weighted by atomic mass is 32.2. The Kier molecular flexibility index (Phi) is 5.86. The van der Waals surface area contributed by atoms with Crippen molar-refractivity contribution in [1.29, 1.82) is 0 Å². The summed E-state index contributed by atoms with van der Waals surface area (Å²) in [4.78, 5) is 16.7. The molecule has 0 radical (unpaired) electrons. The van der Waals surface area contributed by atoms with Crippen LogP contribution in [0.4, 0.5) is 10.1 Å². The average molecular weight is 377 g/mol. The van der Waals surface area contributed by atoms with Gasteiger partial charge in [0.1, 0.15) is 5.82 Å². The Morgan fingerprint density at radius 3 is 2.77 bits per heavy atom. The summed E-state index contributed by atoms with van der Waals surface area (Å²) in [5.74, 6) is 0.543. The second kappa shape index (κ2) is 8.12. The minimum absolute atomic E-state index is 0.166. The zero-order valence-electron chi connectivity index (χ0n) is 15.1. The number of hydrogen-bond donors (Lipinski definition) is 2. The fraction of sp³-hybridized carbons (Fsp3) is 0.474. The van der Waals surface area contributed by atoms with E-state index in [1.54, 1.807) is 13.1 Å². The minimum atomic E-state index is -0.943. The molecule has 1 heterocycles. The van der Waals surface area contributed by atoms with Gasteiger partial charge < -0.3 is 10.6 Å². The van der Waals surface area contributed by atoms with E-state index in [9.17, 15) is 13.4 Å². The summed E-state index contributed by atoms with van der Waals surface area (Å²) in [5, 5.41) is 6.72. The van der Waals surface area contributed by atoms with E-state index in [1.165, 1.54) is 12.3 Å². The number of fused-ring (bicyclic) bond motifs is 1. The molecule has 3 rings (SSSR count). The number of hydrogen-bond acceptors (Lipinski definition) is 4. The van der Waals surface area contributed by atoms with E-state index in [4.69, 9.17) is 0 Å². The zero-order valence-corrected chi connectivity index (χ0v) is 15.9. The largest absolute Gasteiger partial charge is 0.387 e. The molecule has 1 aliphatic carbocycles. The van der Waals surface area contributed by atoms with Gasteiger partial charge in [0.25, 0.3) is 5.91 Å². The number of amides is 1. The number of aryl methyl sites for hydroxylation is 1. The maximum Gasteiger partial charge on any atom is 0.255 e. The summed E-state index contributed by atoms with van der Waals surface area (Å²) in [5.41, 5.74) is 2.09. The number of pyridine rings is 1. The van der Waals surface area contributed by atoms with E-state index in [2.05, 4.69) is 15.6 Å². The van der Waals surface area contributed by atoms with Crippen LogP contribution >= 0.6 is 0 Å². The molecule has 1 aromatic heterocycles. The lowest BCUT2D eigenvalue weighted by atomic mass is 10.0. The number of nitrogens with one attached hydrogen (secondary N) is 2. The molecular weight excluding hydrogens is 353 g/mol. The molecule has 140 valence electrons. The van der Waals surface area contributed by atoms with Gasteiger partial charge in [0.15, 0.2) is 0 Å². The fourth-order valence-electron chi connectivity index (χ4n) is 2.94. The molecule has 1 aliphatic rings. The van der Waals surface area contributed by atoms with Crippen molar-refractivity contribution in [2.24, 2.45) is 0 Å². The minimum Gasteiger partial charge on any atom is -0.387 e. The van der Waals surface area contributed by atoms with Gasteiger partial charge in [-0.2, -0.15) is 0 Å². The maximum absolute atomic E-state index is 14.4. The van der Waals surface area contributed by atoms with Crippen LogP contribution in [0.15, 0.2) is 18.3 Å². The van der Waals surface area contributed by atoms with E-state index < -0.39 is 10.8 Å². The molecule has 1 aromatic carbocycles. The van der Waals surface area contributed by atoms with Crippen molar-refractivity contribution in [3.05, 3.63) is 35.3 Å². The number of benzene rings is 1. The smallest absolute Gasteiger partial charge is 0.255 e. The Balaban J connectivity index is 1.93. The molecule has 0 spiro atoms. The lowest BCUT2D eigenvalue weighted by molar-refractivity contribution is 0.0951. The van der Waals surface area contributed by atoms with Crippen LogP contribution in [0.2, 0.25) is 0 Å². The quantitative estimate of drug-likeness (QED) is 0.742. The molecule has 1 amide bonds. The number of carbonyl (C=O) groups excluding carboxylic acids is 1. The summed E-state index contributed by atoms with van der Waals surface area (Å²) < 4.78 is 26.3. The highest BCUT2D eigenvalue weighted by Gasteiger charge is 2.25. The van der Waals surface area contributed by atoms with Crippen molar-refractivity contribution in [2.75, 3.05) is 23.9 Å². The number of anilines is 1. The molecule has 2 N–H and O–H groups in total. The fourth-order valence-corrected chi connectivity index (χ4v) is 4.04. The first-order valence-electron chi connectivity index (χ1n) is 8.98. The van der Waals surface area contributed by atoms with Crippen LogP contribution in [-0.2, 0) is 17.2 Å². The lowest BCUT2D eigenvalue weighted by Gasteiger charge is -2.13. The predicted octanol–water partition coefficient (Wildman–Crippen LogP) is 3.01. The monoisotopic (exact) mass is 377 g/mol. The molecular formula is C19H24FN3O2S. The van der Waals surface area contributed by atoms with Crippen LogP contribution in [0.25, 0.3) is 10.9 Å². The van der Waals surface area contributed by atoms with Gasteiger partial charge in [0.05, 0.1) is 16.8 Å². The van der Waals surface area contributed by atoms with Crippen LogP contribution in [0.1, 0.15) is 42.1 Å². The van der Waals surface area contributed by atoms with Gasteiger partial charge in [0, 0.05) is 53.0 Å². The van der Waals surface area contributed by atoms with Crippen LogP contribution in [0.3, 0.4) is 0 Å². The second-order valence-corrected chi connectivity index (χ2v) is 8.30. The van der Waals surface area contributed by atoms with E-state index in [1.807, 2.05) is 6.92 Å². The Hall–Kier alpha value is -2.02. The van der Waals surface area contributed by atoms with Gasteiger partial charge in [-0.25, -0.2) is 4.39 Å². The molecule has 0 bridgehead atoms. The molecule has 26 heavy (non-hydrogen) atoms. The molecule has 0 saturated heterocycles. The predicted molar refractivity (Wildman–Crippen MR) is 104 cm³/mol.